The van der Waals surface area contributed by atoms with Crippen molar-refractivity contribution in [3.8, 4) is 23.7 Å². The van der Waals surface area contributed by atoms with Crippen LogP contribution in [0, 0.1) is 23.7 Å². The van der Waals surface area contributed by atoms with Crippen molar-refractivity contribution in [2.24, 2.45) is 0 Å². The van der Waals surface area contributed by atoms with Gasteiger partial charge in [0.05, 0.1) is 18.8 Å². The number of hydrogen-bond donors (Lipinski definition) is 3. The van der Waals surface area contributed by atoms with Gasteiger partial charge < -0.3 is 15.3 Å². The van der Waals surface area contributed by atoms with Crippen LogP contribution >= 0.6 is 0 Å². The highest BCUT2D eigenvalue weighted by molar-refractivity contribution is 6.13. The highest BCUT2D eigenvalue weighted by atomic mass is 16.3. The van der Waals surface area contributed by atoms with Crippen LogP contribution in [-0.2, 0) is 4.79 Å². The van der Waals surface area contributed by atoms with Crippen molar-refractivity contribution < 1.29 is 20.1 Å². The number of Topliss-reactive ketones (excluding diaryl/α,β-unsaturated/α-hetero) is 1. The summed E-state index contributed by atoms with van der Waals surface area (Å²) in [7, 11) is 0. The molecule has 0 aliphatic heterocycles. The number of carbonyl (C=O) groups is 1. The van der Waals surface area contributed by atoms with E-state index in [0.29, 0.717) is 12.0 Å². The van der Waals surface area contributed by atoms with Gasteiger partial charge in [0, 0.05) is 5.57 Å². The molecule has 0 saturated carbocycles. The Morgan fingerprint density at radius 1 is 1.18 bits per heavy atom. The van der Waals surface area contributed by atoms with E-state index in [9.17, 15) is 20.1 Å². The molecule has 0 aromatic carbocycles. The van der Waals surface area contributed by atoms with Gasteiger partial charge in [-0.2, -0.15) is 0 Å². The van der Waals surface area contributed by atoms with Crippen LogP contribution in [0.5, 0.6) is 0 Å². The van der Waals surface area contributed by atoms with E-state index in [1.54, 1.807) is 19.9 Å². The molecule has 3 N–H and O–H groups in total. The van der Waals surface area contributed by atoms with Gasteiger partial charge in [0.2, 0.25) is 0 Å². The molecule has 1 aliphatic carbocycles. The van der Waals surface area contributed by atoms with Gasteiger partial charge in [0.25, 0.3) is 0 Å². The molecule has 0 bridgehead atoms. The fourth-order valence-electron chi connectivity index (χ4n) is 2.30. The largest absolute Gasteiger partial charge is 0.392 e. The lowest BCUT2D eigenvalue weighted by atomic mass is 9.82. The smallest absolute Gasteiger partial charge is 0.199 e. The SMILES string of the molecule is CC#CC1=C(C/C=C(/C)C#CC)C(O)C(CO)=C(CO)C1=O. The van der Waals surface area contributed by atoms with Gasteiger partial charge in [0.15, 0.2) is 5.78 Å². The van der Waals surface area contributed by atoms with E-state index in [4.69, 9.17) is 0 Å². The molecule has 0 heterocycles. The van der Waals surface area contributed by atoms with Crippen molar-refractivity contribution in [1.82, 2.24) is 0 Å². The Bertz CT molecular complexity index is 669. The first-order valence-corrected chi connectivity index (χ1v) is 6.93. The van der Waals surface area contributed by atoms with E-state index in [0.717, 1.165) is 5.57 Å². The number of hydrogen-bond acceptors (Lipinski definition) is 4. The molecular weight excluding hydrogens is 280 g/mol. The Morgan fingerprint density at radius 2 is 1.86 bits per heavy atom. The van der Waals surface area contributed by atoms with Crippen LogP contribution in [0.25, 0.3) is 0 Å². The zero-order valence-electron chi connectivity index (χ0n) is 13.0. The average Bonchev–Trinajstić information content (AvgIpc) is 2.50. The van der Waals surface area contributed by atoms with Gasteiger partial charge in [-0.05, 0) is 43.9 Å². The second-order valence-corrected chi connectivity index (χ2v) is 4.79. The zero-order chi connectivity index (χ0) is 16.7. The lowest BCUT2D eigenvalue weighted by molar-refractivity contribution is -0.112. The summed E-state index contributed by atoms with van der Waals surface area (Å²) in [6.45, 7) is 4.13. The summed E-state index contributed by atoms with van der Waals surface area (Å²) in [5, 5.41) is 29.2. The van der Waals surface area contributed by atoms with Crippen LogP contribution in [0.3, 0.4) is 0 Å². The molecule has 1 aliphatic rings. The Balaban J connectivity index is 3.36. The Hall–Kier alpha value is -2.11. The standard InChI is InChI=1S/C18H20O4/c1-4-6-12(3)8-9-14-13(7-5-2)17(21)15(10-19)16(11-20)18(14)22/h8,18-20,22H,9-11H2,1-3H3/b12-8-. The van der Waals surface area contributed by atoms with Crippen molar-refractivity contribution >= 4 is 5.78 Å². The third-order valence-electron chi connectivity index (χ3n) is 3.40. The van der Waals surface area contributed by atoms with Crippen molar-refractivity contribution in [2.45, 2.75) is 33.3 Å². The van der Waals surface area contributed by atoms with Gasteiger partial charge in [0.1, 0.15) is 6.10 Å². The number of aliphatic hydroxyl groups excluding tert-OH is 3. The lowest BCUT2D eigenvalue weighted by Gasteiger charge is -2.25. The summed E-state index contributed by atoms with van der Waals surface area (Å²) in [5.41, 5.74) is 1.59. The average molecular weight is 300 g/mol. The fraction of sp³-hybridized carbons (Fsp3) is 0.389. The molecule has 0 spiro atoms. The van der Waals surface area contributed by atoms with E-state index in [1.807, 2.05) is 6.92 Å². The Kier molecular flexibility index (Phi) is 6.82. The number of ketones is 1. The second-order valence-electron chi connectivity index (χ2n) is 4.79. The number of allylic oxidation sites excluding steroid dienone is 3. The van der Waals surface area contributed by atoms with E-state index < -0.39 is 25.1 Å². The fourth-order valence-corrected chi connectivity index (χ4v) is 2.30. The minimum Gasteiger partial charge on any atom is -0.392 e. The van der Waals surface area contributed by atoms with Crippen molar-refractivity contribution in [3.63, 3.8) is 0 Å². The molecule has 116 valence electrons. The zero-order valence-corrected chi connectivity index (χ0v) is 13.0. The van der Waals surface area contributed by atoms with E-state index in [1.165, 1.54) is 0 Å². The minimum absolute atomic E-state index is 0.0190. The molecular formula is C18H20O4. The van der Waals surface area contributed by atoms with E-state index >= 15 is 0 Å². The summed E-state index contributed by atoms with van der Waals surface area (Å²) in [6, 6.07) is 0. The summed E-state index contributed by atoms with van der Waals surface area (Å²) in [5.74, 6) is 10.6. The molecule has 0 saturated heterocycles. The first kappa shape index (κ1) is 17.9. The molecule has 1 rings (SSSR count). The number of aliphatic hydroxyl groups is 3. The third-order valence-corrected chi connectivity index (χ3v) is 3.40. The van der Waals surface area contributed by atoms with Crippen LogP contribution in [0.4, 0.5) is 0 Å². The minimum atomic E-state index is -1.13. The number of rotatable bonds is 4. The molecule has 0 fully saturated rings. The Labute approximate surface area is 130 Å². The molecule has 0 aromatic rings. The van der Waals surface area contributed by atoms with Crippen LogP contribution in [-0.4, -0.2) is 40.4 Å². The van der Waals surface area contributed by atoms with Crippen LogP contribution in [0.15, 0.2) is 33.9 Å². The molecule has 1 atom stereocenters. The Morgan fingerprint density at radius 3 is 2.36 bits per heavy atom. The normalized spacial score (nSPS) is 18.7. The first-order chi connectivity index (χ1) is 10.5. The van der Waals surface area contributed by atoms with E-state index in [-0.39, 0.29) is 16.7 Å². The van der Waals surface area contributed by atoms with Crippen molar-refractivity contribution in [3.05, 3.63) is 33.9 Å². The predicted molar refractivity (Wildman–Crippen MR) is 84.5 cm³/mol. The van der Waals surface area contributed by atoms with Gasteiger partial charge in [-0.1, -0.05) is 17.9 Å². The van der Waals surface area contributed by atoms with Gasteiger partial charge in [-0.25, -0.2) is 0 Å². The second kappa shape index (κ2) is 8.36. The van der Waals surface area contributed by atoms with Crippen LogP contribution in [0.1, 0.15) is 27.2 Å². The maximum Gasteiger partial charge on any atom is 0.199 e. The molecule has 4 nitrogen and oxygen atoms in total. The quantitative estimate of drug-likeness (QED) is 0.674. The molecule has 1 unspecified atom stereocenters. The topological polar surface area (TPSA) is 77.8 Å². The lowest BCUT2D eigenvalue weighted by Crippen LogP contribution is -2.30. The van der Waals surface area contributed by atoms with Gasteiger partial charge in [-0.3, -0.25) is 4.79 Å². The van der Waals surface area contributed by atoms with Gasteiger partial charge in [-0.15, -0.1) is 11.8 Å². The van der Waals surface area contributed by atoms with Crippen molar-refractivity contribution in [1.29, 1.82) is 0 Å². The maximum atomic E-state index is 12.4. The summed E-state index contributed by atoms with van der Waals surface area (Å²) >= 11 is 0. The first-order valence-electron chi connectivity index (χ1n) is 6.93. The molecule has 0 radical (unpaired) electrons. The highest BCUT2D eigenvalue weighted by Gasteiger charge is 2.32. The molecule has 22 heavy (non-hydrogen) atoms. The molecule has 0 amide bonds. The highest BCUT2D eigenvalue weighted by Crippen LogP contribution is 2.30. The predicted octanol–water partition coefficient (Wildman–Crippen LogP) is 0.891. The summed E-state index contributed by atoms with van der Waals surface area (Å²) < 4.78 is 0. The van der Waals surface area contributed by atoms with Crippen LogP contribution < -0.4 is 0 Å². The maximum absolute atomic E-state index is 12.4. The van der Waals surface area contributed by atoms with E-state index in [2.05, 4.69) is 23.7 Å². The van der Waals surface area contributed by atoms with Crippen molar-refractivity contribution in [2.75, 3.05) is 13.2 Å². The van der Waals surface area contributed by atoms with Crippen LogP contribution in [0.2, 0.25) is 0 Å². The van der Waals surface area contributed by atoms with Gasteiger partial charge >= 0.3 is 0 Å². The monoisotopic (exact) mass is 300 g/mol. The molecule has 0 aromatic heterocycles. The third kappa shape index (κ3) is 3.75. The number of carbonyl (C=O) groups excluding carboxylic acids is 1. The summed E-state index contributed by atoms with van der Waals surface area (Å²) in [4.78, 5) is 12.4. The summed E-state index contributed by atoms with van der Waals surface area (Å²) in [6.07, 6.45) is 0.984. The molecule has 4 heteroatoms.